The zero-order chi connectivity index (χ0) is 13.0. The number of carbonyl (C=O) groups excluding carboxylic acids is 1. The molecular formula is C12H20N4O2. The van der Waals surface area contributed by atoms with Crippen molar-refractivity contribution in [3.63, 3.8) is 0 Å². The minimum Gasteiger partial charge on any atom is -0.466 e. The SMILES string of the molecule is CCOC(=O)C1CCCN(Cc2cn(C)nn2)C1. The first-order chi connectivity index (χ1) is 8.69. The van der Waals surface area contributed by atoms with E-state index in [1.54, 1.807) is 4.68 Å². The van der Waals surface area contributed by atoms with Crippen LogP contribution in [0.1, 0.15) is 25.5 Å². The highest BCUT2D eigenvalue weighted by atomic mass is 16.5. The molecular weight excluding hydrogens is 232 g/mol. The number of carbonyl (C=O) groups is 1. The van der Waals surface area contributed by atoms with E-state index < -0.39 is 0 Å². The molecule has 0 aliphatic carbocycles. The van der Waals surface area contributed by atoms with Gasteiger partial charge in [-0.1, -0.05) is 5.21 Å². The summed E-state index contributed by atoms with van der Waals surface area (Å²) in [5, 5.41) is 7.99. The Kier molecular flexibility index (Phi) is 4.30. The molecule has 1 atom stereocenters. The summed E-state index contributed by atoms with van der Waals surface area (Å²) in [4.78, 5) is 14.0. The van der Waals surface area contributed by atoms with Gasteiger partial charge in [-0.05, 0) is 26.3 Å². The molecule has 18 heavy (non-hydrogen) atoms. The van der Waals surface area contributed by atoms with Crippen molar-refractivity contribution in [3.05, 3.63) is 11.9 Å². The molecule has 1 aromatic heterocycles. The Hall–Kier alpha value is -1.43. The van der Waals surface area contributed by atoms with Crippen LogP contribution in [0.4, 0.5) is 0 Å². The van der Waals surface area contributed by atoms with Crippen molar-refractivity contribution in [2.45, 2.75) is 26.3 Å². The quantitative estimate of drug-likeness (QED) is 0.734. The largest absolute Gasteiger partial charge is 0.466 e. The van der Waals surface area contributed by atoms with Gasteiger partial charge in [-0.25, -0.2) is 0 Å². The van der Waals surface area contributed by atoms with Crippen LogP contribution in [0.25, 0.3) is 0 Å². The second kappa shape index (κ2) is 5.95. The molecule has 2 heterocycles. The van der Waals surface area contributed by atoms with Crippen molar-refractivity contribution in [2.24, 2.45) is 13.0 Å². The van der Waals surface area contributed by atoms with Crippen molar-refractivity contribution in [3.8, 4) is 0 Å². The second-order valence-corrected chi connectivity index (χ2v) is 4.71. The zero-order valence-corrected chi connectivity index (χ0v) is 11.0. The Labute approximate surface area is 107 Å². The summed E-state index contributed by atoms with van der Waals surface area (Å²) >= 11 is 0. The molecule has 6 nitrogen and oxygen atoms in total. The van der Waals surface area contributed by atoms with Gasteiger partial charge in [-0.2, -0.15) is 0 Å². The molecule has 2 rings (SSSR count). The van der Waals surface area contributed by atoms with E-state index in [1.807, 2.05) is 20.2 Å². The average molecular weight is 252 g/mol. The normalized spacial score (nSPS) is 20.9. The third-order valence-corrected chi connectivity index (χ3v) is 3.16. The van der Waals surface area contributed by atoms with Crippen LogP contribution >= 0.6 is 0 Å². The highest BCUT2D eigenvalue weighted by Gasteiger charge is 2.27. The van der Waals surface area contributed by atoms with E-state index >= 15 is 0 Å². The number of likely N-dealkylation sites (tertiary alicyclic amines) is 1. The number of ether oxygens (including phenoxy) is 1. The number of aromatic nitrogens is 3. The molecule has 0 radical (unpaired) electrons. The number of hydrogen-bond acceptors (Lipinski definition) is 5. The Balaban J connectivity index is 1.88. The van der Waals surface area contributed by atoms with E-state index in [9.17, 15) is 4.79 Å². The number of nitrogens with zero attached hydrogens (tertiary/aromatic N) is 4. The van der Waals surface area contributed by atoms with Gasteiger partial charge in [0.25, 0.3) is 0 Å². The molecule has 0 spiro atoms. The minimum atomic E-state index is -0.0682. The van der Waals surface area contributed by atoms with Gasteiger partial charge in [0.05, 0.1) is 18.2 Å². The van der Waals surface area contributed by atoms with Crippen LogP contribution in [0.2, 0.25) is 0 Å². The summed E-state index contributed by atoms with van der Waals surface area (Å²) < 4.78 is 6.78. The number of piperidine rings is 1. The molecule has 1 unspecified atom stereocenters. The molecule has 0 saturated carbocycles. The predicted molar refractivity (Wildman–Crippen MR) is 65.6 cm³/mol. The maximum absolute atomic E-state index is 11.7. The topological polar surface area (TPSA) is 60.2 Å². The number of esters is 1. The fourth-order valence-corrected chi connectivity index (χ4v) is 2.35. The van der Waals surface area contributed by atoms with Crippen LogP contribution < -0.4 is 0 Å². The summed E-state index contributed by atoms with van der Waals surface area (Å²) in [7, 11) is 1.86. The van der Waals surface area contributed by atoms with Gasteiger partial charge in [-0.15, -0.1) is 5.10 Å². The average Bonchev–Trinajstić information content (AvgIpc) is 2.75. The van der Waals surface area contributed by atoms with Gasteiger partial charge < -0.3 is 4.74 Å². The number of aryl methyl sites for hydroxylation is 1. The van der Waals surface area contributed by atoms with E-state index in [4.69, 9.17) is 4.74 Å². The van der Waals surface area contributed by atoms with Crippen molar-refractivity contribution in [1.82, 2.24) is 19.9 Å². The first-order valence-electron chi connectivity index (χ1n) is 6.43. The first kappa shape index (κ1) is 13.0. The Morgan fingerprint density at radius 3 is 3.11 bits per heavy atom. The van der Waals surface area contributed by atoms with E-state index in [-0.39, 0.29) is 11.9 Å². The van der Waals surface area contributed by atoms with Gasteiger partial charge in [0.15, 0.2) is 0 Å². The molecule has 1 aliphatic rings. The molecule has 100 valence electrons. The third-order valence-electron chi connectivity index (χ3n) is 3.16. The van der Waals surface area contributed by atoms with E-state index in [1.165, 1.54) is 0 Å². The Morgan fingerprint density at radius 2 is 2.44 bits per heavy atom. The monoisotopic (exact) mass is 252 g/mol. The minimum absolute atomic E-state index is 0.00960. The number of hydrogen-bond donors (Lipinski definition) is 0. The molecule has 0 amide bonds. The smallest absolute Gasteiger partial charge is 0.310 e. The maximum Gasteiger partial charge on any atom is 0.310 e. The van der Waals surface area contributed by atoms with Crippen LogP contribution in [-0.4, -0.2) is 45.6 Å². The lowest BCUT2D eigenvalue weighted by atomic mass is 9.98. The van der Waals surface area contributed by atoms with Crippen molar-refractivity contribution in [1.29, 1.82) is 0 Å². The lowest BCUT2D eigenvalue weighted by Gasteiger charge is -2.30. The van der Waals surface area contributed by atoms with Crippen molar-refractivity contribution >= 4 is 5.97 Å². The van der Waals surface area contributed by atoms with Crippen LogP contribution in [0.5, 0.6) is 0 Å². The van der Waals surface area contributed by atoms with E-state index in [0.717, 1.165) is 38.2 Å². The highest BCUT2D eigenvalue weighted by molar-refractivity contribution is 5.72. The number of rotatable bonds is 4. The molecule has 1 aromatic rings. The first-order valence-corrected chi connectivity index (χ1v) is 6.43. The Morgan fingerprint density at radius 1 is 1.61 bits per heavy atom. The predicted octanol–water partition coefficient (Wildman–Crippen LogP) is 0.590. The van der Waals surface area contributed by atoms with Crippen LogP contribution in [-0.2, 0) is 23.1 Å². The fourth-order valence-electron chi connectivity index (χ4n) is 2.35. The lowest BCUT2D eigenvalue weighted by molar-refractivity contribution is -0.150. The van der Waals surface area contributed by atoms with Gasteiger partial charge in [0, 0.05) is 26.3 Å². The van der Waals surface area contributed by atoms with Crippen molar-refractivity contribution in [2.75, 3.05) is 19.7 Å². The van der Waals surface area contributed by atoms with Gasteiger partial charge in [0.1, 0.15) is 0 Å². The fraction of sp³-hybridized carbons (Fsp3) is 0.750. The summed E-state index contributed by atoms with van der Waals surface area (Å²) in [6.45, 7) is 4.82. The molecule has 1 aliphatic heterocycles. The summed E-state index contributed by atoms with van der Waals surface area (Å²) in [6, 6.07) is 0. The molecule has 0 N–H and O–H groups in total. The maximum atomic E-state index is 11.7. The van der Waals surface area contributed by atoms with Crippen LogP contribution in [0.15, 0.2) is 6.20 Å². The van der Waals surface area contributed by atoms with E-state index in [2.05, 4.69) is 15.2 Å². The highest BCUT2D eigenvalue weighted by Crippen LogP contribution is 2.19. The molecule has 1 fully saturated rings. The second-order valence-electron chi connectivity index (χ2n) is 4.71. The summed E-state index contributed by atoms with van der Waals surface area (Å²) in [6.07, 6.45) is 3.87. The summed E-state index contributed by atoms with van der Waals surface area (Å²) in [5.41, 5.74) is 0.946. The molecule has 6 heteroatoms. The van der Waals surface area contributed by atoms with Gasteiger partial charge in [-0.3, -0.25) is 14.4 Å². The van der Waals surface area contributed by atoms with Crippen LogP contribution in [0, 0.1) is 5.92 Å². The molecule has 0 bridgehead atoms. The molecule has 0 aromatic carbocycles. The zero-order valence-electron chi connectivity index (χ0n) is 11.0. The van der Waals surface area contributed by atoms with Crippen LogP contribution in [0.3, 0.4) is 0 Å². The lowest BCUT2D eigenvalue weighted by Crippen LogP contribution is -2.39. The van der Waals surface area contributed by atoms with E-state index in [0.29, 0.717) is 6.61 Å². The third kappa shape index (κ3) is 3.29. The summed E-state index contributed by atoms with van der Waals surface area (Å²) in [5.74, 6) is -0.0586. The van der Waals surface area contributed by atoms with Crippen molar-refractivity contribution < 1.29 is 9.53 Å². The Bertz CT molecular complexity index is 405. The van der Waals surface area contributed by atoms with Gasteiger partial charge in [0.2, 0.25) is 0 Å². The molecule has 1 saturated heterocycles. The standard InChI is InChI=1S/C12H20N4O2/c1-3-18-12(17)10-5-4-6-16(7-10)9-11-8-15(2)14-13-11/h8,10H,3-7,9H2,1-2H3. The van der Waals surface area contributed by atoms with Gasteiger partial charge >= 0.3 is 5.97 Å².